The molecule has 3 aliphatic heterocycles. The Morgan fingerprint density at radius 2 is 1.11 bits per heavy atom. The summed E-state index contributed by atoms with van der Waals surface area (Å²) in [7, 11) is 3.26. The van der Waals surface area contributed by atoms with Crippen LogP contribution in [0.4, 0.5) is 0 Å². The number of hydrogen-bond acceptors (Lipinski definition) is 6. The highest BCUT2D eigenvalue weighted by molar-refractivity contribution is 5.49. The van der Waals surface area contributed by atoms with Crippen LogP contribution in [0.2, 0.25) is 0 Å². The first-order valence-corrected chi connectivity index (χ1v) is 11.9. The predicted octanol–water partition coefficient (Wildman–Crippen LogP) is 4.66. The summed E-state index contributed by atoms with van der Waals surface area (Å²) in [4.78, 5) is 0. The van der Waals surface area contributed by atoms with Crippen LogP contribution < -0.4 is 9.47 Å². The molecular weight excluding hydrogens is 444 g/mol. The van der Waals surface area contributed by atoms with Crippen molar-refractivity contribution in [1.82, 2.24) is 0 Å². The maximum atomic E-state index is 12.1. The van der Waals surface area contributed by atoms with E-state index in [0.717, 1.165) is 40.2 Å². The van der Waals surface area contributed by atoms with Crippen LogP contribution in [0.1, 0.15) is 35.6 Å². The summed E-state index contributed by atoms with van der Waals surface area (Å²) in [6.07, 6.45) is 1.35. The summed E-state index contributed by atoms with van der Waals surface area (Å²) in [6.45, 7) is 4.08. The third kappa shape index (κ3) is 4.55. The minimum absolute atomic E-state index is 0.0449. The molecule has 0 amide bonds. The van der Waals surface area contributed by atoms with Crippen molar-refractivity contribution in [1.29, 1.82) is 0 Å². The molecule has 3 heterocycles. The van der Waals surface area contributed by atoms with Gasteiger partial charge in [-0.05, 0) is 52.9 Å². The molecular formula is C29H32O6. The molecule has 6 rings (SSSR count). The van der Waals surface area contributed by atoms with Crippen molar-refractivity contribution < 1.29 is 28.8 Å². The SMILES string of the molecule is COc1ccc(C(O)(c2ccc(CCC34OCC(C)(CO3)CO4)cc2)c2ccc(OC)cc2)cc1. The minimum Gasteiger partial charge on any atom is -0.497 e. The van der Waals surface area contributed by atoms with Gasteiger partial charge in [-0.15, -0.1) is 0 Å². The van der Waals surface area contributed by atoms with Crippen molar-refractivity contribution in [2.75, 3.05) is 34.0 Å². The molecule has 3 aliphatic rings. The Hall–Kier alpha value is -2.90. The zero-order valence-electron chi connectivity index (χ0n) is 20.5. The van der Waals surface area contributed by atoms with E-state index in [1.807, 2.05) is 72.8 Å². The summed E-state index contributed by atoms with van der Waals surface area (Å²) in [5, 5.41) is 12.1. The average Bonchev–Trinajstić information content (AvgIpc) is 2.93. The van der Waals surface area contributed by atoms with E-state index in [-0.39, 0.29) is 5.41 Å². The van der Waals surface area contributed by atoms with E-state index in [0.29, 0.717) is 26.2 Å². The summed E-state index contributed by atoms with van der Waals surface area (Å²) in [5.41, 5.74) is 1.99. The molecule has 35 heavy (non-hydrogen) atoms. The van der Waals surface area contributed by atoms with E-state index in [2.05, 4.69) is 6.92 Å². The van der Waals surface area contributed by atoms with Gasteiger partial charge in [0.15, 0.2) is 0 Å². The smallest absolute Gasteiger partial charge is 0.283 e. The lowest BCUT2D eigenvalue weighted by Crippen LogP contribution is -2.59. The molecule has 0 saturated carbocycles. The quantitative estimate of drug-likeness (QED) is 0.477. The first kappa shape index (κ1) is 23.8. The number of rotatable bonds is 8. The molecule has 0 aromatic heterocycles. The Balaban J connectivity index is 1.40. The number of fused-ring (bicyclic) bond motifs is 3. The van der Waals surface area contributed by atoms with Crippen molar-refractivity contribution in [2.45, 2.75) is 31.3 Å². The highest BCUT2D eigenvalue weighted by Crippen LogP contribution is 2.41. The average molecular weight is 477 g/mol. The van der Waals surface area contributed by atoms with Gasteiger partial charge in [0.05, 0.1) is 34.0 Å². The van der Waals surface area contributed by atoms with Crippen molar-refractivity contribution >= 4 is 0 Å². The van der Waals surface area contributed by atoms with E-state index in [1.54, 1.807) is 14.2 Å². The van der Waals surface area contributed by atoms with Gasteiger partial charge in [0.1, 0.15) is 17.1 Å². The zero-order chi connectivity index (χ0) is 24.5. The Labute approximate surface area is 206 Å². The van der Waals surface area contributed by atoms with Crippen LogP contribution in [0, 0.1) is 5.41 Å². The van der Waals surface area contributed by atoms with Gasteiger partial charge in [0.2, 0.25) is 0 Å². The van der Waals surface area contributed by atoms with Crippen LogP contribution in [0.3, 0.4) is 0 Å². The molecule has 0 aliphatic carbocycles. The highest BCUT2D eigenvalue weighted by atomic mass is 16.9. The molecule has 6 heteroatoms. The molecule has 6 nitrogen and oxygen atoms in total. The molecule has 184 valence electrons. The van der Waals surface area contributed by atoms with Gasteiger partial charge in [-0.1, -0.05) is 55.5 Å². The minimum atomic E-state index is -1.34. The number of aliphatic hydroxyl groups is 1. The number of methoxy groups -OCH3 is 2. The van der Waals surface area contributed by atoms with Gasteiger partial charge in [-0.2, -0.15) is 0 Å². The Bertz CT molecular complexity index is 1070. The Morgan fingerprint density at radius 3 is 1.51 bits per heavy atom. The van der Waals surface area contributed by atoms with Crippen molar-refractivity contribution in [3.63, 3.8) is 0 Å². The summed E-state index contributed by atoms with van der Waals surface area (Å²) >= 11 is 0. The Kier molecular flexibility index (Phi) is 6.32. The number of benzene rings is 3. The zero-order valence-corrected chi connectivity index (χ0v) is 20.5. The standard InChI is InChI=1S/C29H32O6/c1-27-18-33-28(34-19-27,35-20-27)17-16-21-4-6-22(7-5-21)29(30,23-8-12-25(31-2)13-9-23)24-10-14-26(32-3)15-11-24/h4-15,30H,16-20H2,1-3H3. The van der Waals surface area contributed by atoms with E-state index in [4.69, 9.17) is 23.7 Å². The molecule has 3 fully saturated rings. The van der Waals surface area contributed by atoms with Crippen molar-refractivity contribution in [2.24, 2.45) is 5.41 Å². The number of aryl methyl sites for hydroxylation is 1. The van der Waals surface area contributed by atoms with E-state index < -0.39 is 11.6 Å². The van der Waals surface area contributed by atoms with Crippen LogP contribution in [0.15, 0.2) is 72.8 Å². The largest absolute Gasteiger partial charge is 0.497 e. The van der Waals surface area contributed by atoms with E-state index >= 15 is 0 Å². The van der Waals surface area contributed by atoms with Crippen LogP contribution in [-0.2, 0) is 26.2 Å². The topological polar surface area (TPSA) is 66.4 Å². The fourth-order valence-electron chi connectivity index (χ4n) is 4.69. The molecule has 0 atom stereocenters. The monoisotopic (exact) mass is 476 g/mol. The first-order valence-electron chi connectivity index (χ1n) is 11.9. The van der Waals surface area contributed by atoms with Gasteiger partial charge in [-0.3, -0.25) is 0 Å². The molecule has 3 aromatic carbocycles. The van der Waals surface area contributed by atoms with Crippen LogP contribution >= 0.6 is 0 Å². The predicted molar refractivity (Wildman–Crippen MR) is 132 cm³/mol. The summed E-state index contributed by atoms with van der Waals surface area (Å²) in [6, 6.07) is 23.0. The van der Waals surface area contributed by atoms with Gasteiger partial charge in [0.25, 0.3) is 5.97 Å². The second kappa shape index (κ2) is 9.28. The van der Waals surface area contributed by atoms with Crippen LogP contribution in [0.25, 0.3) is 0 Å². The van der Waals surface area contributed by atoms with Gasteiger partial charge in [0, 0.05) is 11.8 Å². The van der Waals surface area contributed by atoms with Gasteiger partial charge >= 0.3 is 0 Å². The molecule has 3 saturated heterocycles. The van der Waals surface area contributed by atoms with E-state index in [9.17, 15) is 5.11 Å². The molecule has 3 aromatic rings. The van der Waals surface area contributed by atoms with E-state index in [1.165, 1.54) is 0 Å². The second-order valence-corrected chi connectivity index (χ2v) is 9.72. The maximum Gasteiger partial charge on any atom is 0.283 e. The second-order valence-electron chi connectivity index (χ2n) is 9.72. The number of ether oxygens (including phenoxy) is 5. The normalized spacial score (nSPS) is 23.8. The van der Waals surface area contributed by atoms with Crippen molar-refractivity contribution in [3.8, 4) is 11.5 Å². The molecule has 2 bridgehead atoms. The fourth-order valence-corrected chi connectivity index (χ4v) is 4.69. The van der Waals surface area contributed by atoms with Gasteiger partial charge < -0.3 is 28.8 Å². The molecule has 1 N–H and O–H groups in total. The third-order valence-corrected chi connectivity index (χ3v) is 7.03. The first-order chi connectivity index (χ1) is 16.9. The summed E-state index contributed by atoms with van der Waals surface area (Å²) in [5.74, 6) is 0.527. The highest BCUT2D eigenvalue weighted by Gasteiger charge is 2.49. The molecule has 0 radical (unpaired) electrons. The van der Waals surface area contributed by atoms with Crippen LogP contribution in [-0.4, -0.2) is 45.1 Å². The Morgan fingerprint density at radius 1 is 0.714 bits per heavy atom. The number of hydrogen-bond donors (Lipinski definition) is 1. The van der Waals surface area contributed by atoms with Crippen LogP contribution in [0.5, 0.6) is 11.5 Å². The third-order valence-electron chi connectivity index (χ3n) is 7.03. The summed E-state index contributed by atoms with van der Waals surface area (Å²) < 4.78 is 28.4. The maximum absolute atomic E-state index is 12.1. The fraction of sp³-hybridized carbons (Fsp3) is 0.379. The lowest BCUT2D eigenvalue weighted by atomic mass is 9.80. The lowest BCUT2D eigenvalue weighted by molar-refractivity contribution is -0.467. The molecule has 0 unspecified atom stereocenters. The van der Waals surface area contributed by atoms with Crippen molar-refractivity contribution in [3.05, 3.63) is 95.1 Å². The van der Waals surface area contributed by atoms with Gasteiger partial charge in [-0.25, -0.2) is 0 Å². The molecule has 0 spiro atoms. The lowest BCUT2D eigenvalue weighted by Gasteiger charge is -2.50.